The van der Waals surface area contributed by atoms with Crippen LogP contribution in [0.2, 0.25) is 0 Å². The maximum atomic E-state index is 5.35. The van der Waals surface area contributed by atoms with E-state index in [-0.39, 0.29) is 0 Å². The molecule has 0 bridgehead atoms. The Morgan fingerprint density at radius 1 is 1.41 bits per heavy atom. The number of methoxy groups -OCH3 is 1. The Hall–Kier alpha value is -1.20. The summed E-state index contributed by atoms with van der Waals surface area (Å²) in [6, 6.07) is 1.13. The zero-order valence-electron chi connectivity index (χ0n) is 10.4. The summed E-state index contributed by atoms with van der Waals surface area (Å²) in [5.74, 6) is 0. The average molecular weight is 237 g/mol. The van der Waals surface area contributed by atoms with Crippen molar-refractivity contribution >= 4 is 0 Å². The van der Waals surface area contributed by atoms with Crippen molar-refractivity contribution in [2.45, 2.75) is 32.4 Å². The number of nitrogens with one attached hydrogen (secondary N) is 1. The van der Waals surface area contributed by atoms with Crippen molar-refractivity contribution in [1.29, 1.82) is 0 Å². The number of aryl methyl sites for hydroxylation is 1. The molecule has 2 rings (SSSR count). The summed E-state index contributed by atoms with van der Waals surface area (Å²) >= 11 is 0. The van der Waals surface area contributed by atoms with E-state index >= 15 is 0 Å². The fraction of sp³-hybridized carbons (Fsp3) is 0.667. The van der Waals surface area contributed by atoms with Gasteiger partial charge in [0, 0.05) is 37.2 Å². The van der Waals surface area contributed by atoms with Gasteiger partial charge in [0.15, 0.2) is 0 Å². The summed E-state index contributed by atoms with van der Waals surface area (Å²) in [5, 5.41) is 3.44. The molecule has 94 valence electrons. The molecule has 0 amide bonds. The van der Waals surface area contributed by atoms with Gasteiger partial charge in [0.25, 0.3) is 0 Å². The standard InChI is InChI=1S/C12H19N3O2/c1-9-10(7-13-11-3-4-11)8-14-12(15-9)17-6-5-16-2/h8,11,13H,3-7H2,1-2H3. The molecule has 1 aliphatic rings. The highest BCUT2D eigenvalue weighted by atomic mass is 16.5. The van der Waals surface area contributed by atoms with Gasteiger partial charge in [0.2, 0.25) is 0 Å². The first-order chi connectivity index (χ1) is 8.29. The van der Waals surface area contributed by atoms with E-state index in [9.17, 15) is 0 Å². The predicted molar refractivity (Wildman–Crippen MR) is 64.0 cm³/mol. The molecule has 0 saturated heterocycles. The summed E-state index contributed by atoms with van der Waals surface area (Å²) in [7, 11) is 1.64. The quantitative estimate of drug-likeness (QED) is 0.719. The average Bonchev–Trinajstić information content (AvgIpc) is 3.12. The Morgan fingerprint density at radius 2 is 2.24 bits per heavy atom. The summed E-state index contributed by atoms with van der Waals surface area (Å²) < 4.78 is 10.3. The highest BCUT2D eigenvalue weighted by molar-refractivity contribution is 5.17. The molecule has 1 fully saturated rings. The van der Waals surface area contributed by atoms with Crippen LogP contribution in [0.1, 0.15) is 24.1 Å². The van der Waals surface area contributed by atoms with Crippen LogP contribution < -0.4 is 10.1 Å². The van der Waals surface area contributed by atoms with Gasteiger partial charge in [-0.25, -0.2) is 9.97 Å². The second kappa shape index (κ2) is 5.93. The van der Waals surface area contributed by atoms with Crippen LogP contribution in [0.15, 0.2) is 6.20 Å². The van der Waals surface area contributed by atoms with Crippen LogP contribution in [-0.2, 0) is 11.3 Å². The van der Waals surface area contributed by atoms with Crippen LogP contribution in [0.25, 0.3) is 0 Å². The van der Waals surface area contributed by atoms with Gasteiger partial charge in [0.1, 0.15) is 6.61 Å². The molecule has 0 unspecified atom stereocenters. The van der Waals surface area contributed by atoms with E-state index in [0.29, 0.717) is 25.3 Å². The number of rotatable bonds is 7. The Labute approximate surface area is 102 Å². The fourth-order valence-electron chi connectivity index (χ4n) is 1.47. The highest BCUT2D eigenvalue weighted by Crippen LogP contribution is 2.19. The summed E-state index contributed by atoms with van der Waals surface area (Å²) in [6.07, 6.45) is 4.41. The molecule has 0 radical (unpaired) electrons. The van der Waals surface area contributed by atoms with Crippen LogP contribution in [-0.4, -0.2) is 36.3 Å². The van der Waals surface area contributed by atoms with Gasteiger partial charge in [-0.15, -0.1) is 0 Å². The number of aromatic nitrogens is 2. The van der Waals surface area contributed by atoms with Gasteiger partial charge in [-0.2, -0.15) is 0 Å². The smallest absolute Gasteiger partial charge is 0.316 e. The number of hydrogen-bond donors (Lipinski definition) is 1. The Bertz CT molecular complexity index is 367. The lowest BCUT2D eigenvalue weighted by atomic mass is 10.2. The lowest BCUT2D eigenvalue weighted by Crippen LogP contribution is -2.17. The SMILES string of the molecule is COCCOc1ncc(CNC2CC2)c(C)n1. The molecular formula is C12H19N3O2. The van der Waals surface area contributed by atoms with Gasteiger partial charge in [0.05, 0.1) is 6.61 Å². The molecular weight excluding hydrogens is 218 g/mol. The Kier molecular flexibility index (Phi) is 4.28. The molecule has 1 aromatic heterocycles. The molecule has 5 nitrogen and oxygen atoms in total. The first-order valence-corrected chi connectivity index (χ1v) is 5.97. The zero-order valence-corrected chi connectivity index (χ0v) is 10.4. The van der Waals surface area contributed by atoms with Crippen LogP contribution in [0.3, 0.4) is 0 Å². The first-order valence-electron chi connectivity index (χ1n) is 5.97. The molecule has 0 spiro atoms. The van der Waals surface area contributed by atoms with Gasteiger partial charge >= 0.3 is 6.01 Å². The van der Waals surface area contributed by atoms with E-state index in [1.165, 1.54) is 12.8 Å². The summed E-state index contributed by atoms with van der Waals surface area (Å²) in [6.45, 7) is 3.85. The normalized spacial score (nSPS) is 14.9. The van der Waals surface area contributed by atoms with Crippen molar-refractivity contribution in [3.8, 4) is 6.01 Å². The molecule has 1 saturated carbocycles. The van der Waals surface area contributed by atoms with Crippen LogP contribution in [0.4, 0.5) is 0 Å². The second-order valence-electron chi connectivity index (χ2n) is 4.26. The number of nitrogens with zero attached hydrogens (tertiary/aromatic N) is 2. The third-order valence-electron chi connectivity index (χ3n) is 2.74. The zero-order chi connectivity index (χ0) is 12.1. The number of ether oxygens (including phenoxy) is 2. The van der Waals surface area contributed by atoms with Crippen molar-refractivity contribution < 1.29 is 9.47 Å². The molecule has 5 heteroatoms. The van der Waals surface area contributed by atoms with Gasteiger partial charge < -0.3 is 14.8 Å². The van der Waals surface area contributed by atoms with E-state index < -0.39 is 0 Å². The third-order valence-corrected chi connectivity index (χ3v) is 2.74. The lowest BCUT2D eigenvalue weighted by Gasteiger charge is -2.08. The minimum Gasteiger partial charge on any atom is -0.461 e. The van der Waals surface area contributed by atoms with Gasteiger partial charge in [-0.1, -0.05) is 0 Å². The molecule has 1 aromatic rings. The Balaban J connectivity index is 1.85. The van der Waals surface area contributed by atoms with Crippen LogP contribution >= 0.6 is 0 Å². The van der Waals surface area contributed by atoms with Crippen LogP contribution in [0, 0.1) is 6.92 Å². The van der Waals surface area contributed by atoms with E-state index in [1.54, 1.807) is 7.11 Å². The van der Waals surface area contributed by atoms with Gasteiger partial charge in [-0.3, -0.25) is 0 Å². The third kappa shape index (κ3) is 3.94. The molecule has 0 aliphatic heterocycles. The van der Waals surface area contributed by atoms with Crippen LogP contribution in [0.5, 0.6) is 6.01 Å². The molecule has 0 aromatic carbocycles. The topological polar surface area (TPSA) is 56.3 Å². The van der Waals surface area contributed by atoms with E-state index in [2.05, 4.69) is 15.3 Å². The van der Waals surface area contributed by atoms with E-state index in [1.807, 2.05) is 13.1 Å². The molecule has 17 heavy (non-hydrogen) atoms. The van der Waals surface area contributed by atoms with E-state index in [0.717, 1.165) is 17.8 Å². The van der Waals surface area contributed by atoms with Gasteiger partial charge in [-0.05, 0) is 19.8 Å². The lowest BCUT2D eigenvalue weighted by molar-refractivity contribution is 0.140. The van der Waals surface area contributed by atoms with Crippen molar-refractivity contribution in [1.82, 2.24) is 15.3 Å². The molecule has 1 aliphatic carbocycles. The van der Waals surface area contributed by atoms with Crippen molar-refractivity contribution in [2.75, 3.05) is 20.3 Å². The van der Waals surface area contributed by atoms with Crippen molar-refractivity contribution in [2.24, 2.45) is 0 Å². The molecule has 0 atom stereocenters. The predicted octanol–water partition coefficient (Wildman–Crippen LogP) is 1.06. The number of hydrogen-bond acceptors (Lipinski definition) is 5. The molecule has 1 N–H and O–H groups in total. The minimum absolute atomic E-state index is 0.426. The highest BCUT2D eigenvalue weighted by Gasteiger charge is 2.20. The molecule has 1 heterocycles. The maximum absolute atomic E-state index is 5.35. The van der Waals surface area contributed by atoms with E-state index in [4.69, 9.17) is 9.47 Å². The first kappa shape index (κ1) is 12.3. The Morgan fingerprint density at radius 3 is 2.88 bits per heavy atom. The van der Waals surface area contributed by atoms with Crippen molar-refractivity contribution in [3.63, 3.8) is 0 Å². The second-order valence-corrected chi connectivity index (χ2v) is 4.26. The minimum atomic E-state index is 0.426. The fourth-order valence-corrected chi connectivity index (χ4v) is 1.47. The largest absolute Gasteiger partial charge is 0.461 e. The monoisotopic (exact) mass is 237 g/mol. The van der Waals surface area contributed by atoms with Crippen molar-refractivity contribution in [3.05, 3.63) is 17.5 Å². The summed E-state index contributed by atoms with van der Waals surface area (Å²) in [5.41, 5.74) is 2.11. The maximum Gasteiger partial charge on any atom is 0.316 e. The summed E-state index contributed by atoms with van der Waals surface area (Å²) in [4.78, 5) is 8.50.